The number of carboxylic acid groups (broad SMARTS) is 1. The Hall–Kier alpha value is -2.06. The van der Waals surface area contributed by atoms with Crippen molar-refractivity contribution in [2.75, 3.05) is 18.6 Å². The third-order valence-corrected chi connectivity index (χ3v) is 3.78. The summed E-state index contributed by atoms with van der Waals surface area (Å²) in [6.45, 7) is 0. The fourth-order valence-corrected chi connectivity index (χ4v) is 2.46. The van der Waals surface area contributed by atoms with Gasteiger partial charge in [0.2, 0.25) is 0 Å². The van der Waals surface area contributed by atoms with Gasteiger partial charge < -0.3 is 21.3 Å². The van der Waals surface area contributed by atoms with Gasteiger partial charge in [0.15, 0.2) is 0 Å². The number of carboxylic acids is 1. The van der Waals surface area contributed by atoms with Gasteiger partial charge >= 0.3 is 11.9 Å². The molecule has 19 heavy (non-hydrogen) atoms. The highest BCUT2D eigenvalue weighted by Crippen LogP contribution is 2.19. The van der Waals surface area contributed by atoms with E-state index in [0.29, 0.717) is 16.3 Å². The summed E-state index contributed by atoms with van der Waals surface area (Å²) in [7, 11) is 1.33. The van der Waals surface area contributed by atoms with Crippen LogP contribution in [-0.2, 0) is 4.74 Å². The van der Waals surface area contributed by atoms with Crippen LogP contribution in [0.1, 0.15) is 19.3 Å². The molecule has 0 spiro atoms. The molecule has 0 aliphatic carbocycles. The zero-order valence-electron chi connectivity index (χ0n) is 9.95. The highest BCUT2D eigenvalue weighted by Gasteiger charge is 2.09. The maximum atomic E-state index is 10.8. The number of hydrogen-bond acceptors (Lipinski definition) is 7. The van der Waals surface area contributed by atoms with Crippen LogP contribution in [0.3, 0.4) is 0 Å². The van der Waals surface area contributed by atoms with E-state index in [1.54, 1.807) is 22.9 Å². The molecule has 2 aromatic heterocycles. The molecule has 0 fully saturated rings. The highest BCUT2D eigenvalue weighted by atomic mass is 32.1. The summed E-state index contributed by atoms with van der Waals surface area (Å²) < 4.78 is 4.47. The maximum absolute atomic E-state index is 10.8. The molecule has 0 aliphatic heterocycles. The lowest BCUT2D eigenvalue weighted by atomic mass is 10.4. The predicted molar refractivity (Wildman–Crippen MR) is 75.8 cm³/mol. The normalized spacial score (nSPS) is 9.32. The molecule has 2 heterocycles. The van der Waals surface area contributed by atoms with Crippen molar-refractivity contribution >= 4 is 46.0 Å². The molecule has 0 saturated heterocycles. The van der Waals surface area contributed by atoms with Gasteiger partial charge in [-0.2, -0.15) is 0 Å². The van der Waals surface area contributed by atoms with Crippen LogP contribution in [-0.4, -0.2) is 24.2 Å². The molecular weight excluding hydrogens is 288 g/mol. The molecule has 102 valence electrons. The molecule has 0 unspecified atom stereocenters. The zero-order chi connectivity index (χ0) is 14.4. The van der Waals surface area contributed by atoms with Gasteiger partial charge in [0.1, 0.15) is 9.75 Å². The number of nitrogens with two attached hydrogens (primary N) is 2. The van der Waals surface area contributed by atoms with E-state index in [2.05, 4.69) is 4.74 Å². The largest absolute Gasteiger partial charge is 0.477 e. The Labute approximate surface area is 117 Å². The van der Waals surface area contributed by atoms with E-state index < -0.39 is 5.97 Å². The van der Waals surface area contributed by atoms with Gasteiger partial charge in [-0.1, -0.05) is 0 Å². The van der Waals surface area contributed by atoms with E-state index in [4.69, 9.17) is 16.6 Å². The molecule has 8 heteroatoms. The van der Waals surface area contributed by atoms with E-state index in [-0.39, 0.29) is 10.8 Å². The van der Waals surface area contributed by atoms with Crippen molar-refractivity contribution in [1.29, 1.82) is 0 Å². The summed E-state index contributed by atoms with van der Waals surface area (Å²) in [5.74, 6) is -1.32. The lowest BCUT2D eigenvalue weighted by Crippen LogP contribution is -2.00. The average Bonchev–Trinajstić information content (AvgIpc) is 2.97. The summed E-state index contributed by atoms with van der Waals surface area (Å²) in [5, 5.41) is 11.8. The Kier molecular flexibility index (Phi) is 5.34. The number of hydrogen-bond donors (Lipinski definition) is 3. The number of ether oxygens (including phenoxy) is 1. The third kappa shape index (κ3) is 3.97. The van der Waals surface area contributed by atoms with Gasteiger partial charge in [0.05, 0.1) is 18.5 Å². The van der Waals surface area contributed by atoms with Crippen LogP contribution in [0.5, 0.6) is 0 Å². The van der Waals surface area contributed by atoms with Gasteiger partial charge in [0.25, 0.3) is 0 Å². The fourth-order valence-electron chi connectivity index (χ4n) is 1.07. The Morgan fingerprint density at radius 3 is 1.84 bits per heavy atom. The molecule has 2 rings (SSSR count). The number of nitrogen functional groups attached to an aromatic ring is 2. The molecular formula is C11H12N2O4S2. The first-order valence-electron chi connectivity index (χ1n) is 4.95. The molecule has 0 saturated carbocycles. The number of aromatic carboxylic acids is 1. The van der Waals surface area contributed by atoms with Crippen molar-refractivity contribution in [2.24, 2.45) is 0 Å². The van der Waals surface area contributed by atoms with Crippen molar-refractivity contribution in [2.45, 2.75) is 0 Å². The van der Waals surface area contributed by atoms with Crippen molar-refractivity contribution in [1.82, 2.24) is 0 Å². The van der Waals surface area contributed by atoms with Gasteiger partial charge in [-0.3, -0.25) is 0 Å². The number of rotatable bonds is 2. The van der Waals surface area contributed by atoms with Crippen LogP contribution in [0.15, 0.2) is 22.9 Å². The predicted octanol–water partition coefficient (Wildman–Crippen LogP) is 2.15. The number of carbonyl (C=O) groups is 2. The lowest BCUT2D eigenvalue weighted by molar-refractivity contribution is 0.0606. The molecule has 0 atom stereocenters. The summed E-state index contributed by atoms with van der Waals surface area (Å²) >= 11 is 2.42. The number of carbonyl (C=O) groups excluding carboxylic acids is 1. The summed E-state index contributed by atoms with van der Waals surface area (Å²) in [4.78, 5) is 21.7. The Balaban J connectivity index is 0.000000191. The first kappa shape index (κ1) is 15.0. The lowest BCUT2D eigenvalue weighted by Gasteiger charge is -1.94. The number of anilines is 2. The molecule has 0 bridgehead atoms. The van der Waals surface area contributed by atoms with Crippen LogP contribution in [0.25, 0.3) is 0 Å². The number of methoxy groups -OCH3 is 1. The quantitative estimate of drug-likeness (QED) is 0.732. The molecule has 0 amide bonds. The van der Waals surface area contributed by atoms with Crippen LogP contribution in [0.2, 0.25) is 0 Å². The van der Waals surface area contributed by atoms with Crippen LogP contribution in [0.4, 0.5) is 11.4 Å². The Morgan fingerprint density at radius 1 is 1.11 bits per heavy atom. The van der Waals surface area contributed by atoms with E-state index >= 15 is 0 Å². The van der Waals surface area contributed by atoms with E-state index in [1.807, 2.05) is 0 Å². The van der Waals surface area contributed by atoms with Crippen LogP contribution in [0, 0.1) is 0 Å². The third-order valence-electron chi connectivity index (χ3n) is 1.96. The first-order chi connectivity index (χ1) is 8.97. The molecule has 0 radical (unpaired) electrons. The van der Waals surface area contributed by atoms with Gasteiger partial charge in [-0.05, 0) is 22.9 Å². The van der Waals surface area contributed by atoms with Crippen molar-refractivity contribution in [3.8, 4) is 0 Å². The van der Waals surface area contributed by atoms with Crippen LogP contribution >= 0.6 is 22.7 Å². The zero-order valence-corrected chi connectivity index (χ0v) is 11.6. The van der Waals surface area contributed by atoms with Crippen LogP contribution < -0.4 is 11.5 Å². The van der Waals surface area contributed by atoms with Crippen molar-refractivity contribution in [3.05, 3.63) is 32.6 Å². The van der Waals surface area contributed by atoms with E-state index in [0.717, 1.165) is 11.3 Å². The SMILES string of the molecule is COC(=O)c1sccc1N.Nc1ccsc1C(=O)O. The molecule has 2 aromatic rings. The minimum absolute atomic E-state index is 0.218. The van der Waals surface area contributed by atoms with Gasteiger partial charge in [0, 0.05) is 0 Å². The fraction of sp³-hybridized carbons (Fsp3) is 0.0909. The molecule has 0 aromatic carbocycles. The van der Waals surface area contributed by atoms with E-state index in [1.165, 1.54) is 18.4 Å². The molecule has 0 aliphatic rings. The number of esters is 1. The second-order valence-electron chi connectivity index (χ2n) is 3.21. The monoisotopic (exact) mass is 300 g/mol. The minimum atomic E-state index is -0.956. The molecule has 5 N–H and O–H groups in total. The topological polar surface area (TPSA) is 116 Å². The van der Waals surface area contributed by atoms with Crippen molar-refractivity contribution < 1.29 is 19.4 Å². The average molecular weight is 300 g/mol. The second-order valence-corrected chi connectivity index (χ2v) is 5.04. The summed E-state index contributed by atoms with van der Waals surface area (Å²) in [5.41, 5.74) is 11.5. The molecule has 6 nitrogen and oxygen atoms in total. The summed E-state index contributed by atoms with van der Waals surface area (Å²) in [6, 6.07) is 3.26. The highest BCUT2D eigenvalue weighted by molar-refractivity contribution is 7.12. The second kappa shape index (κ2) is 6.76. The Morgan fingerprint density at radius 2 is 1.58 bits per heavy atom. The maximum Gasteiger partial charge on any atom is 0.350 e. The number of thiophene rings is 2. The van der Waals surface area contributed by atoms with Gasteiger partial charge in [-0.15, -0.1) is 22.7 Å². The van der Waals surface area contributed by atoms with Crippen molar-refractivity contribution in [3.63, 3.8) is 0 Å². The smallest absolute Gasteiger partial charge is 0.350 e. The first-order valence-corrected chi connectivity index (χ1v) is 6.70. The Bertz CT molecular complexity index is 577. The van der Waals surface area contributed by atoms with Gasteiger partial charge in [-0.25, -0.2) is 9.59 Å². The summed E-state index contributed by atoms with van der Waals surface area (Å²) in [6.07, 6.45) is 0. The minimum Gasteiger partial charge on any atom is -0.477 e. The standard InChI is InChI=1S/C6H7NO2S.C5H5NO2S/c1-9-6(8)5-4(7)2-3-10-5;6-3-1-2-9-4(3)5(7)8/h2-3H,7H2,1H3;1-2H,6H2,(H,7,8). The van der Waals surface area contributed by atoms with E-state index in [9.17, 15) is 9.59 Å².